The molecule has 0 radical (unpaired) electrons. The van der Waals surface area contributed by atoms with Gasteiger partial charge >= 0.3 is 5.63 Å². The molecule has 0 aliphatic carbocycles. The minimum absolute atomic E-state index is 0.0476. The summed E-state index contributed by atoms with van der Waals surface area (Å²) in [5, 5.41) is 9.98. The van der Waals surface area contributed by atoms with Gasteiger partial charge in [0.1, 0.15) is 17.4 Å². The van der Waals surface area contributed by atoms with Crippen LogP contribution in [0.4, 0.5) is 5.69 Å². The maximum atomic E-state index is 12.0. The van der Waals surface area contributed by atoms with E-state index in [1.165, 1.54) is 0 Å². The molecule has 2 rings (SSSR count). The first-order valence-corrected chi connectivity index (χ1v) is 6.46. The lowest BCUT2D eigenvalue weighted by molar-refractivity contribution is 0.414. The van der Waals surface area contributed by atoms with Crippen LogP contribution in [0, 0.1) is 11.3 Å². The van der Waals surface area contributed by atoms with Crippen molar-refractivity contribution in [2.45, 2.75) is 13.8 Å². The van der Waals surface area contributed by atoms with E-state index in [9.17, 15) is 10.1 Å². The van der Waals surface area contributed by atoms with Gasteiger partial charge < -0.3 is 14.1 Å². The topological polar surface area (TPSA) is 66.5 Å². The second-order valence-corrected chi connectivity index (χ2v) is 4.26. The summed E-state index contributed by atoms with van der Waals surface area (Å²) in [5.41, 5.74) is 0.489. The number of fused-ring (bicyclic) bond motifs is 1. The lowest BCUT2D eigenvalue weighted by Gasteiger charge is -2.23. The number of benzene rings is 1. The van der Waals surface area contributed by atoms with E-state index in [1.54, 1.807) is 19.2 Å². The van der Waals surface area contributed by atoms with Crippen molar-refractivity contribution < 1.29 is 9.15 Å². The SMILES string of the molecule is CCN(CC)c1c(C#N)c(=O)oc2cc(OC)ccc12. The molecule has 0 saturated carbocycles. The monoisotopic (exact) mass is 272 g/mol. The summed E-state index contributed by atoms with van der Waals surface area (Å²) in [5.74, 6) is 0.607. The standard InChI is InChI=1S/C15H16N2O3/c1-4-17(5-2)14-11-7-6-10(19-3)8-13(11)20-15(18)12(14)9-16/h6-8H,4-5H2,1-3H3. The molecule has 0 amide bonds. The summed E-state index contributed by atoms with van der Waals surface area (Å²) in [4.78, 5) is 13.9. The van der Waals surface area contributed by atoms with Crippen LogP contribution in [0.15, 0.2) is 27.4 Å². The maximum absolute atomic E-state index is 12.0. The van der Waals surface area contributed by atoms with Crippen molar-refractivity contribution in [3.05, 3.63) is 34.2 Å². The van der Waals surface area contributed by atoms with E-state index >= 15 is 0 Å². The van der Waals surface area contributed by atoms with Crippen LogP contribution in [-0.2, 0) is 0 Å². The molecule has 0 atom stereocenters. The highest BCUT2D eigenvalue weighted by atomic mass is 16.5. The number of methoxy groups -OCH3 is 1. The molecule has 0 fully saturated rings. The molecule has 5 nitrogen and oxygen atoms in total. The van der Waals surface area contributed by atoms with Gasteiger partial charge in [0.05, 0.1) is 12.8 Å². The van der Waals surface area contributed by atoms with Gasteiger partial charge in [-0.15, -0.1) is 0 Å². The summed E-state index contributed by atoms with van der Waals surface area (Å²) in [6, 6.07) is 7.21. The minimum Gasteiger partial charge on any atom is -0.497 e. The summed E-state index contributed by atoms with van der Waals surface area (Å²) in [7, 11) is 1.55. The Hall–Kier alpha value is -2.48. The molecule has 0 saturated heterocycles. The fourth-order valence-corrected chi connectivity index (χ4v) is 2.26. The summed E-state index contributed by atoms with van der Waals surface area (Å²) in [6.45, 7) is 5.37. The van der Waals surface area contributed by atoms with Crippen molar-refractivity contribution in [1.29, 1.82) is 5.26 Å². The maximum Gasteiger partial charge on any atom is 0.356 e. The van der Waals surface area contributed by atoms with Gasteiger partial charge in [-0.25, -0.2) is 4.79 Å². The first kappa shape index (κ1) is 13.9. The molecule has 0 aliphatic heterocycles. The van der Waals surface area contributed by atoms with Crippen LogP contribution in [0.2, 0.25) is 0 Å². The lowest BCUT2D eigenvalue weighted by atomic mass is 10.1. The van der Waals surface area contributed by atoms with Crippen molar-refractivity contribution in [3.8, 4) is 11.8 Å². The molecular formula is C15H16N2O3. The van der Waals surface area contributed by atoms with Gasteiger partial charge in [-0.2, -0.15) is 5.26 Å². The molecule has 1 aromatic carbocycles. The number of hydrogen-bond donors (Lipinski definition) is 0. The van der Waals surface area contributed by atoms with Gasteiger partial charge in [0.15, 0.2) is 5.56 Å². The highest BCUT2D eigenvalue weighted by molar-refractivity contribution is 5.93. The lowest BCUT2D eigenvalue weighted by Crippen LogP contribution is -2.25. The molecular weight excluding hydrogens is 256 g/mol. The Morgan fingerprint density at radius 1 is 1.35 bits per heavy atom. The zero-order valence-corrected chi connectivity index (χ0v) is 11.8. The molecule has 1 heterocycles. The Labute approximate surface area is 117 Å². The van der Waals surface area contributed by atoms with Crippen LogP contribution in [0.5, 0.6) is 5.75 Å². The summed E-state index contributed by atoms with van der Waals surface area (Å²) < 4.78 is 10.4. The molecule has 0 N–H and O–H groups in total. The molecule has 1 aromatic heterocycles. The van der Waals surface area contributed by atoms with Crippen molar-refractivity contribution in [1.82, 2.24) is 0 Å². The number of nitrogens with zero attached hydrogens (tertiary/aromatic N) is 2. The zero-order chi connectivity index (χ0) is 14.7. The van der Waals surface area contributed by atoms with Crippen LogP contribution < -0.4 is 15.3 Å². The highest BCUT2D eigenvalue weighted by Crippen LogP contribution is 2.30. The third-order valence-electron chi connectivity index (χ3n) is 3.28. The van der Waals surface area contributed by atoms with E-state index in [0.717, 1.165) is 5.39 Å². The Kier molecular flexibility index (Phi) is 3.94. The van der Waals surface area contributed by atoms with E-state index in [0.29, 0.717) is 30.1 Å². The summed E-state index contributed by atoms with van der Waals surface area (Å²) >= 11 is 0. The Bertz CT molecular complexity index is 724. The average molecular weight is 272 g/mol. The van der Waals surface area contributed by atoms with E-state index in [-0.39, 0.29) is 5.56 Å². The predicted octanol–water partition coefficient (Wildman–Crippen LogP) is 2.52. The van der Waals surface area contributed by atoms with E-state index in [2.05, 4.69) is 0 Å². The smallest absolute Gasteiger partial charge is 0.356 e. The molecule has 0 unspecified atom stereocenters. The van der Waals surface area contributed by atoms with Crippen LogP contribution in [-0.4, -0.2) is 20.2 Å². The Balaban J connectivity index is 2.87. The number of anilines is 1. The molecule has 0 bridgehead atoms. The van der Waals surface area contributed by atoms with Crippen LogP contribution in [0.25, 0.3) is 11.0 Å². The molecule has 2 aromatic rings. The number of rotatable bonds is 4. The molecule has 0 spiro atoms. The predicted molar refractivity (Wildman–Crippen MR) is 77.3 cm³/mol. The first-order valence-electron chi connectivity index (χ1n) is 6.46. The van der Waals surface area contributed by atoms with Crippen molar-refractivity contribution in [3.63, 3.8) is 0 Å². The number of hydrogen-bond acceptors (Lipinski definition) is 5. The van der Waals surface area contributed by atoms with Gasteiger partial charge in [-0.1, -0.05) is 0 Å². The van der Waals surface area contributed by atoms with Gasteiger partial charge in [-0.05, 0) is 26.0 Å². The quantitative estimate of drug-likeness (QED) is 0.800. The third-order valence-corrected chi connectivity index (χ3v) is 3.28. The first-order chi connectivity index (χ1) is 9.65. The van der Waals surface area contributed by atoms with E-state index in [1.807, 2.05) is 30.9 Å². The van der Waals surface area contributed by atoms with Gasteiger partial charge in [0.2, 0.25) is 0 Å². The van der Waals surface area contributed by atoms with Gasteiger partial charge in [-0.3, -0.25) is 0 Å². The Morgan fingerprint density at radius 2 is 2.05 bits per heavy atom. The highest BCUT2D eigenvalue weighted by Gasteiger charge is 2.18. The number of nitriles is 1. The van der Waals surface area contributed by atoms with Crippen LogP contribution in [0.1, 0.15) is 19.4 Å². The van der Waals surface area contributed by atoms with Crippen molar-refractivity contribution in [2.75, 3.05) is 25.1 Å². The molecule has 104 valence electrons. The van der Waals surface area contributed by atoms with Gasteiger partial charge in [0.25, 0.3) is 0 Å². The fraction of sp³-hybridized carbons (Fsp3) is 0.333. The van der Waals surface area contributed by atoms with Crippen LogP contribution in [0.3, 0.4) is 0 Å². The van der Waals surface area contributed by atoms with E-state index < -0.39 is 5.63 Å². The normalized spacial score (nSPS) is 10.3. The van der Waals surface area contributed by atoms with E-state index in [4.69, 9.17) is 9.15 Å². The minimum atomic E-state index is -0.616. The van der Waals surface area contributed by atoms with Crippen molar-refractivity contribution >= 4 is 16.7 Å². The summed E-state index contributed by atoms with van der Waals surface area (Å²) in [6.07, 6.45) is 0. The second kappa shape index (κ2) is 5.66. The Morgan fingerprint density at radius 3 is 2.60 bits per heavy atom. The van der Waals surface area contributed by atoms with Crippen molar-refractivity contribution in [2.24, 2.45) is 0 Å². The molecule has 20 heavy (non-hydrogen) atoms. The third kappa shape index (κ3) is 2.21. The average Bonchev–Trinajstić information content (AvgIpc) is 2.47. The molecule has 0 aliphatic rings. The second-order valence-electron chi connectivity index (χ2n) is 4.26. The fourth-order valence-electron chi connectivity index (χ4n) is 2.26. The van der Waals surface area contributed by atoms with Crippen LogP contribution >= 0.6 is 0 Å². The van der Waals surface area contributed by atoms with Gasteiger partial charge in [0, 0.05) is 24.5 Å². The number of ether oxygens (including phenoxy) is 1. The zero-order valence-electron chi connectivity index (χ0n) is 11.8. The largest absolute Gasteiger partial charge is 0.497 e. The molecule has 5 heteroatoms.